The smallest absolute Gasteiger partial charge is 0.239 e. The number of anilines is 1. The predicted octanol–water partition coefficient (Wildman–Crippen LogP) is 4.08. The van der Waals surface area contributed by atoms with Gasteiger partial charge in [-0.1, -0.05) is 23.3 Å². The van der Waals surface area contributed by atoms with Gasteiger partial charge in [-0.2, -0.15) is 0 Å². The summed E-state index contributed by atoms with van der Waals surface area (Å²) in [5.41, 5.74) is 3.19. The molecular weight excluding hydrogens is 312 g/mol. The molecule has 126 valence electrons. The second-order valence-corrected chi connectivity index (χ2v) is 6.27. The number of methoxy groups -OCH3 is 1. The molecule has 4 nitrogen and oxygen atoms in total. The van der Waals surface area contributed by atoms with E-state index in [4.69, 9.17) is 16.3 Å². The fourth-order valence-corrected chi connectivity index (χ4v) is 2.86. The van der Waals surface area contributed by atoms with Gasteiger partial charge in [0.2, 0.25) is 5.91 Å². The maximum absolute atomic E-state index is 11.9. The molecule has 0 unspecified atom stereocenters. The number of halogens is 1. The van der Waals surface area contributed by atoms with Crippen molar-refractivity contribution in [3.05, 3.63) is 34.4 Å². The zero-order valence-electron chi connectivity index (χ0n) is 13.9. The molecule has 0 fully saturated rings. The first-order valence-corrected chi connectivity index (χ1v) is 8.50. The fraction of sp³-hybridized carbons (Fsp3) is 0.500. The Morgan fingerprint density at radius 1 is 1.35 bits per heavy atom. The van der Waals surface area contributed by atoms with E-state index in [2.05, 4.69) is 16.7 Å². The van der Waals surface area contributed by atoms with Gasteiger partial charge in [-0.3, -0.25) is 4.79 Å². The third kappa shape index (κ3) is 5.47. The van der Waals surface area contributed by atoms with Crippen LogP contribution in [0.1, 0.15) is 37.7 Å². The van der Waals surface area contributed by atoms with Crippen molar-refractivity contribution >= 4 is 23.2 Å². The van der Waals surface area contributed by atoms with Crippen LogP contribution in [0.4, 0.5) is 5.69 Å². The van der Waals surface area contributed by atoms with Crippen molar-refractivity contribution in [2.45, 2.75) is 39.0 Å². The Kier molecular flexibility index (Phi) is 6.78. The number of rotatable bonds is 7. The van der Waals surface area contributed by atoms with E-state index in [1.165, 1.54) is 31.3 Å². The van der Waals surface area contributed by atoms with Crippen molar-refractivity contribution in [3.63, 3.8) is 0 Å². The number of nitrogens with one attached hydrogen (secondary N) is 2. The van der Waals surface area contributed by atoms with Gasteiger partial charge in [0, 0.05) is 17.6 Å². The third-order valence-electron chi connectivity index (χ3n) is 4.07. The number of hydrogen-bond acceptors (Lipinski definition) is 3. The lowest BCUT2D eigenvalue weighted by molar-refractivity contribution is -0.119. The average molecular weight is 337 g/mol. The zero-order valence-corrected chi connectivity index (χ0v) is 14.6. The van der Waals surface area contributed by atoms with Gasteiger partial charge in [-0.25, -0.2) is 0 Å². The van der Waals surface area contributed by atoms with Gasteiger partial charge in [0.25, 0.3) is 0 Å². The number of aryl methyl sites for hydroxylation is 1. The highest BCUT2D eigenvalue weighted by atomic mass is 35.5. The van der Waals surface area contributed by atoms with Crippen molar-refractivity contribution in [2.24, 2.45) is 0 Å². The van der Waals surface area contributed by atoms with E-state index in [1.54, 1.807) is 13.2 Å². The first kappa shape index (κ1) is 17.7. The Morgan fingerprint density at radius 2 is 2.17 bits per heavy atom. The molecule has 1 aliphatic rings. The number of amides is 1. The highest BCUT2D eigenvalue weighted by Gasteiger charge is 2.09. The predicted molar refractivity (Wildman–Crippen MR) is 95.4 cm³/mol. The Bertz CT molecular complexity index is 585. The van der Waals surface area contributed by atoms with Crippen LogP contribution in [0.5, 0.6) is 5.75 Å². The molecule has 0 aliphatic heterocycles. The minimum absolute atomic E-state index is 0.0175. The van der Waals surface area contributed by atoms with Crippen LogP contribution >= 0.6 is 11.6 Å². The minimum atomic E-state index is -0.0175. The Balaban J connectivity index is 1.78. The van der Waals surface area contributed by atoms with Gasteiger partial charge in [-0.05, 0) is 50.7 Å². The van der Waals surface area contributed by atoms with Crippen molar-refractivity contribution in [2.75, 3.05) is 25.5 Å². The molecule has 0 saturated heterocycles. The number of carbonyl (C=O) groups excluding carboxylic acids is 1. The average Bonchev–Trinajstić information content (AvgIpc) is 2.56. The molecule has 5 heteroatoms. The molecule has 0 saturated carbocycles. The molecule has 1 amide bonds. The number of carbonyl (C=O) groups is 1. The number of allylic oxidation sites excluding steroid dienone is 1. The zero-order chi connectivity index (χ0) is 16.7. The van der Waals surface area contributed by atoms with E-state index in [9.17, 15) is 4.79 Å². The van der Waals surface area contributed by atoms with Crippen LogP contribution in [0.15, 0.2) is 23.8 Å². The Hall–Kier alpha value is -1.68. The van der Waals surface area contributed by atoms with Crippen LogP contribution in [-0.4, -0.2) is 26.1 Å². The van der Waals surface area contributed by atoms with E-state index >= 15 is 0 Å². The van der Waals surface area contributed by atoms with Gasteiger partial charge in [0.15, 0.2) is 0 Å². The van der Waals surface area contributed by atoms with Gasteiger partial charge in [-0.15, -0.1) is 0 Å². The first-order valence-electron chi connectivity index (χ1n) is 8.12. The molecule has 0 spiro atoms. The number of hydrogen-bond donors (Lipinski definition) is 2. The monoisotopic (exact) mass is 336 g/mol. The first-order chi connectivity index (χ1) is 11.1. The Labute approximate surface area is 143 Å². The van der Waals surface area contributed by atoms with E-state index in [0.29, 0.717) is 17.3 Å². The molecule has 0 heterocycles. The molecule has 1 aromatic carbocycles. The van der Waals surface area contributed by atoms with Crippen LogP contribution in [0.2, 0.25) is 5.02 Å². The highest BCUT2D eigenvalue weighted by Crippen LogP contribution is 2.30. The molecular formula is C18H25ClN2O2. The summed E-state index contributed by atoms with van der Waals surface area (Å²) in [5.74, 6) is 0.622. The van der Waals surface area contributed by atoms with Crippen LogP contribution in [0, 0.1) is 6.92 Å². The standard InChI is InChI=1S/C18H25ClN2O2/c1-13-10-16(17(23-2)11-15(13)19)21-12-18(22)20-9-8-14-6-4-3-5-7-14/h6,10-11,21H,3-5,7-9,12H2,1-2H3,(H,20,22). The van der Waals surface area contributed by atoms with E-state index in [0.717, 1.165) is 17.7 Å². The minimum Gasteiger partial charge on any atom is -0.495 e. The maximum Gasteiger partial charge on any atom is 0.239 e. The summed E-state index contributed by atoms with van der Waals surface area (Å²) >= 11 is 6.08. The molecule has 2 rings (SSSR count). The molecule has 1 aromatic rings. The quantitative estimate of drug-likeness (QED) is 0.738. The molecule has 23 heavy (non-hydrogen) atoms. The van der Waals surface area contributed by atoms with Gasteiger partial charge >= 0.3 is 0 Å². The van der Waals surface area contributed by atoms with Gasteiger partial charge in [0.1, 0.15) is 5.75 Å². The van der Waals surface area contributed by atoms with Gasteiger partial charge < -0.3 is 15.4 Å². The largest absolute Gasteiger partial charge is 0.495 e. The SMILES string of the molecule is COc1cc(Cl)c(C)cc1NCC(=O)NCCC1=CCCCC1. The van der Waals surface area contributed by atoms with E-state index < -0.39 is 0 Å². The second kappa shape index (κ2) is 8.82. The lowest BCUT2D eigenvalue weighted by Crippen LogP contribution is -2.31. The summed E-state index contributed by atoms with van der Waals surface area (Å²) in [4.78, 5) is 11.9. The Morgan fingerprint density at radius 3 is 2.87 bits per heavy atom. The van der Waals surface area contributed by atoms with Crippen LogP contribution in [0.25, 0.3) is 0 Å². The van der Waals surface area contributed by atoms with Crippen LogP contribution < -0.4 is 15.4 Å². The molecule has 1 aliphatic carbocycles. The topological polar surface area (TPSA) is 50.4 Å². The normalized spacial score (nSPS) is 14.1. The third-order valence-corrected chi connectivity index (χ3v) is 4.48. The van der Waals surface area contributed by atoms with Crippen LogP contribution in [-0.2, 0) is 4.79 Å². The van der Waals surface area contributed by atoms with E-state index in [-0.39, 0.29) is 12.5 Å². The summed E-state index contributed by atoms with van der Waals surface area (Å²) in [7, 11) is 1.59. The second-order valence-electron chi connectivity index (χ2n) is 5.86. The van der Waals surface area contributed by atoms with Gasteiger partial charge in [0.05, 0.1) is 19.3 Å². The molecule has 2 N–H and O–H groups in total. The van der Waals surface area contributed by atoms with E-state index in [1.807, 2.05) is 13.0 Å². The molecule has 0 aromatic heterocycles. The molecule has 0 bridgehead atoms. The highest BCUT2D eigenvalue weighted by molar-refractivity contribution is 6.31. The lowest BCUT2D eigenvalue weighted by atomic mass is 9.97. The summed E-state index contributed by atoms with van der Waals surface area (Å²) < 4.78 is 5.29. The summed E-state index contributed by atoms with van der Waals surface area (Å²) in [5, 5.41) is 6.72. The molecule has 0 atom stereocenters. The van der Waals surface area contributed by atoms with Crippen molar-refractivity contribution in [3.8, 4) is 5.75 Å². The fourth-order valence-electron chi connectivity index (χ4n) is 2.70. The maximum atomic E-state index is 11.9. The van der Waals surface area contributed by atoms with Crippen molar-refractivity contribution < 1.29 is 9.53 Å². The summed E-state index contributed by atoms with van der Waals surface area (Å²) in [6.07, 6.45) is 8.19. The molecule has 0 radical (unpaired) electrons. The van der Waals surface area contributed by atoms with Crippen LogP contribution in [0.3, 0.4) is 0 Å². The van der Waals surface area contributed by atoms with Crippen molar-refractivity contribution in [1.29, 1.82) is 0 Å². The number of benzene rings is 1. The summed E-state index contributed by atoms with van der Waals surface area (Å²) in [6.45, 7) is 2.84. The number of ether oxygens (including phenoxy) is 1. The lowest BCUT2D eigenvalue weighted by Gasteiger charge is -2.14. The summed E-state index contributed by atoms with van der Waals surface area (Å²) in [6, 6.07) is 3.65. The van der Waals surface area contributed by atoms with Crippen molar-refractivity contribution in [1.82, 2.24) is 5.32 Å².